The molecule has 24 heavy (non-hydrogen) atoms. The lowest BCUT2D eigenvalue weighted by atomic mass is 10.1. The second-order valence-corrected chi connectivity index (χ2v) is 5.79. The molecule has 0 aliphatic carbocycles. The molecular weight excluding hydrogens is 296 g/mol. The predicted octanol–water partition coefficient (Wildman–Crippen LogP) is 3.53. The first-order valence-electron chi connectivity index (χ1n) is 7.97. The molecule has 4 nitrogen and oxygen atoms in total. The molecular formula is C20H18N4. The molecule has 0 radical (unpaired) electrons. The Labute approximate surface area is 140 Å². The molecule has 0 amide bonds. The van der Waals surface area contributed by atoms with E-state index >= 15 is 0 Å². The fourth-order valence-corrected chi connectivity index (χ4v) is 2.97. The van der Waals surface area contributed by atoms with Crippen LogP contribution in [0.4, 0.5) is 0 Å². The third kappa shape index (κ3) is 2.68. The number of benzene rings is 2. The Hall–Kier alpha value is -2.98. The quantitative estimate of drug-likeness (QED) is 0.627. The molecule has 2 aromatic heterocycles. The fraction of sp³-hybridized carbons (Fsp3) is 0.100. The summed E-state index contributed by atoms with van der Waals surface area (Å²) in [5, 5.41) is 0. The molecule has 0 aliphatic heterocycles. The van der Waals surface area contributed by atoms with Crippen LogP contribution in [0.15, 0.2) is 79.1 Å². The minimum atomic E-state index is -0.310. The molecule has 0 saturated heterocycles. The number of fused-ring (bicyclic) bond motifs is 1. The second kappa shape index (κ2) is 6.26. The highest BCUT2D eigenvalue weighted by Gasteiger charge is 2.18. The summed E-state index contributed by atoms with van der Waals surface area (Å²) in [5.41, 5.74) is 10.7. The van der Waals surface area contributed by atoms with Crippen molar-refractivity contribution in [2.24, 2.45) is 5.73 Å². The Morgan fingerprint density at radius 1 is 0.917 bits per heavy atom. The van der Waals surface area contributed by atoms with Gasteiger partial charge in [0, 0.05) is 18.9 Å². The molecule has 2 N–H and O–H groups in total. The maximum absolute atomic E-state index is 6.51. The van der Waals surface area contributed by atoms with Gasteiger partial charge < -0.3 is 10.3 Å². The Balaban J connectivity index is 1.84. The first-order valence-corrected chi connectivity index (χ1v) is 7.97. The summed E-state index contributed by atoms with van der Waals surface area (Å²) < 4.78 is 2.20. The van der Waals surface area contributed by atoms with Gasteiger partial charge in [-0.05, 0) is 29.3 Å². The lowest BCUT2D eigenvalue weighted by Crippen LogP contribution is -2.18. The number of pyridine rings is 1. The number of imidazole rings is 1. The van der Waals surface area contributed by atoms with Crippen LogP contribution < -0.4 is 5.73 Å². The minimum Gasteiger partial charge on any atom is -0.322 e. The summed E-state index contributed by atoms with van der Waals surface area (Å²) in [6.45, 7) is 0.741. The SMILES string of the molecule is NC(c1cccnc1)c1nc2ccccc2n1Cc1ccccc1. The summed E-state index contributed by atoms with van der Waals surface area (Å²) in [7, 11) is 0. The monoisotopic (exact) mass is 314 g/mol. The van der Waals surface area contributed by atoms with Crippen LogP contribution >= 0.6 is 0 Å². The van der Waals surface area contributed by atoms with Crippen LogP contribution in [0, 0.1) is 0 Å². The van der Waals surface area contributed by atoms with E-state index in [2.05, 4.69) is 39.9 Å². The number of nitrogens with zero attached hydrogens (tertiary/aromatic N) is 3. The molecule has 0 aliphatic rings. The summed E-state index contributed by atoms with van der Waals surface area (Å²) in [4.78, 5) is 8.98. The Morgan fingerprint density at radius 2 is 1.71 bits per heavy atom. The van der Waals surface area contributed by atoms with Crippen LogP contribution in [0.1, 0.15) is 23.0 Å². The molecule has 2 aromatic carbocycles. The average Bonchev–Trinajstić information content (AvgIpc) is 3.01. The zero-order chi connectivity index (χ0) is 16.4. The van der Waals surface area contributed by atoms with Crippen molar-refractivity contribution < 1.29 is 0 Å². The molecule has 1 atom stereocenters. The van der Waals surface area contributed by atoms with E-state index in [0.29, 0.717) is 0 Å². The number of aromatic nitrogens is 3. The topological polar surface area (TPSA) is 56.7 Å². The number of para-hydroxylation sites is 2. The van der Waals surface area contributed by atoms with E-state index in [0.717, 1.165) is 29.0 Å². The third-order valence-corrected chi connectivity index (χ3v) is 4.19. The molecule has 0 saturated carbocycles. The van der Waals surface area contributed by atoms with Crippen molar-refractivity contribution in [2.75, 3.05) is 0 Å². The zero-order valence-corrected chi connectivity index (χ0v) is 13.2. The first-order chi connectivity index (χ1) is 11.8. The van der Waals surface area contributed by atoms with E-state index in [1.807, 2.05) is 36.4 Å². The van der Waals surface area contributed by atoms with Gasteiger partial charge in [0.1, 0.15) is 5.82 Å². The molecule has 4 aromatic rings. The fourth-order valence-electron chi connectivity index (χ4n) is 2.97. The van der Waals surface area contributed by atoms with Gasteiger partial charge in [0.05, 0.1) is 17.1 Å². The number of hydrogen-bond acceptors (Lipinski definition) is 3. The van der Waals surface area contributed by atoms with E-state index in [1.165, 1.54) is 5.56 Å². The van der Waals surface area contributed by atoms with Crippen LogP contribution in [-0.4, -0.2) is 14.5 Å². The van der Waals surface area contributed by atoms with Crippen LogP contribution in [-0.2, 0) is 6.54 Å². The van der Waals surface area contributed by atoms with E-state index < -0.39 is 0 Å². The van der Waals surface area contributed by atoms with Gasteiger partial charge in [0.2, 0.25) is 0 Å². The normalized spacial score (nSPS) is 12.4. The highest BCUT2D eigenvalue weighted by molar-refractivity contribution is 5.76. The molecule has 2 heterocycles. The summed E-state index contributed by atoms with van der Waals surface area (Å²) >= 11 is 0. The summed E-state index contributed by atoms with van der Waals surface area (Å²) in [5.74, 6) is 0.855. The highest BCUT2D eigenvalue weighted by atomic mass is 15.1. The standard InChI is InChI=1S/C20H18N4/c21-19(16-9-6-12-22-13-16)20-23-17-10-4-5-11-18(17)24(20)14-15-7-2-1-3-8-15/h1-13,19H,14,21H2. The van der Waals surface area contributed by atoms with Crippen molar-refractivity contribution in [3.05, 3.63) is 96.1 Å². The van der Waals surface area contributed by atoms with Gasteiger partial charge >= 0.3 is 0 Å². The average molecular weight is 314 g/mol. The van der Waals surface area contributed by atoms with E-state index in [-0.39, 0.29) is 6.04 Å². The zero-order valence-electron chi connectivity index (χ0n) is 13.2. The number of hydrogen-bond donors (Lipinski definition) is 1. The van der Waals surface area contributed by atoms with E-state index in [4.69, 9.17) is 10.7 Å². The van der Waals surface area contributed by atoms with Crippen molar-refractivity contribution >= 4 is 11.0 Å². The molecule has 0 spiro atoms. The summed E-state index contributed by atoms with van der Waals surface area (Å²) in [6, 6.07) is 22.1. The van der Waals surface area contributed by atoms with E-state index in [1.54, 1.807) is 12.4 Å². The molecule has 4 rings (SSSR count). The maximum Gasteiger partial charge on any atom is 0.131 e. The Bertz CT molecular complexity index is 945. The first kappa shape index (κ1) is 14.6. The van der Waals surface area contributed by atoms with Gasteiger partial charge in [0.15, 0.2) is 0 Å². The van der Waals surface area contributed by atoms with Crippen molar-refractivity contribution in [3.63, 3.8) is 0 Å². The lowest BCUT2D eigenvalue weighted by molar-refractivity contribution is 0.686. The Morgan fingerprint density at radius 3 is 2.50 bits per heavy atom. The van der Waals surface area contributed by atoms with Crippen molar-refractivity contribution in [1.29, 1.82) is 0 Å². The number of rotatable bonds is 4. The third-order valence-electron chi connectivity index (χ3n) is 4.19. The van der Waals surface area contributed by atoms with Gasteiger partial charge in [-0.15, -0.1) is 0 Å². The predicted molar refractivity (Wildman–Crippen MR) is 95.5 cm³/mol. The van der Waals surface area contributed by atoms with Gasteiger partial charge in [0.25, 0.3) is 0 Å². The van der Waals surface area contributed by atoms with Crippen molar-refractivity contribution in [1.82, 2.24) is 14.5 Å². The maximum atomic E-state index is 6.51. The molecule has 1 unspecified atom stereocenters. The van der Waals surface area contributed by atoms with Crippen molar-refractivity contribution in [3.8, 4) is 0 Å². The van der Waals surface area contributed by atoms with Crippen LogP contribution in [0.3, 0.4) is 0 Å². The lowest BCUT2D eigenvalue weighted by Gasteiger charge is -2.15. The van der Waals surface area contributed by atoms with Gasteiger partial charge in [-0.3, -0.25) is 4.98 Å². The molecule has 4 heteroatoms. The largest absolute Gasteiger partial charge is 0.322 e. The van der Waals surface area contributed by atoms with E-state index in [9.17, 15) is 0 Å². The minimum absolute atomic E-state index is 0.310. The molecule has 118 valence electrons. The molecule has 0 fully saturated rings. The van der Waals surface area contributed by atoms with Gasteiger partial charge in [-0.1, -0.05) is 48.5 Å². The smallest absolute Gasteiger partial charge is 0.131 e. The Kier molecular flexibility index (Phi) is 3.81. The molecule has 0 bridgehead atoms. The van der Waals surface area contributed by atoms with Crippen LogP contribution in [0.25, 0.3) is 11.0 Å². The van der Waals surface area contributed by atoms with Crippen LogP contribution in [0.2, 0.25) is 0 Å². The summed E-state index contributed by atoms with van der Waals surface area (Å²) in [6.07, 6.45) is 3.56. The van der Waals surface area contributed by atoms with Gasteiger partial charge in [-0.25, -0.2) is 4.98 Å². The number of nitrogens with two attached hydrogens (primary N) is 1. The van der Waals surface area contributed by atoms with Crippen molar-refractivity contribution in [2.45, 2.75) is 12.6 Å². The van der Waals surface area contributed by atoms with Gasteiger partial charge in [-0.2, -0.15) is 0 Å². The second-order valence-electron chi connectivity index (χ2n) is 5.79. The highest BCUT2D eigenvalue weighted by Crippen LogP contribution is 2.24. The van der Waals surface area contributed by atoms with Crippen LogP contribution in [0.5, 0.6) is 0 Å².